The van der Waals surface area contributed by atoms with Crippen LogP contribution in [0.3, 0.4) is 0 Å². The molecule has 66 valence electrons. The second-order valence-electron chi connectivity index (χ2n) is 2.31. The van der Waals surface area contributed by atoms with Crippen LogP contribution in [0.1, 0.15) is 20.3 Å². The fourth-order valence-electron chi connectivity index (χ4n) is 0.924. The van der Waals surface area contributed by atoms with E-state index in [0.29, 0.717) is 13.0 Å². The monoisotopic (exact) mass is 159 g/mol. The molecule has 0 aliphatic heterocycles. The van der Waals surface area contributed by atoms with Gasteiger partial charge in [0.1, 0.15) is 0 Å². The molecule has 0 heterocycles. The molecule has 3 heteroatoms. The maximum atomic E-state index is 11.2. The fraction of sp³-hybridized carbons (Fsp3) is 0.875. The van der Waals surface area contributed by atoms with Crippen LogP contribution in [-0.4, -0.2) is 37.6 Å². The molecule has 0 aromatic carbocycles. The summed E-state index contributed by atoms with van der Waals surface area (Å²) in [5.74, 6) is 0.178. The van der Waals surface area contributed by atoms with Gasteiger partial charge in [-0.1, -0.05) is 0 Å². The Morgan fingerprint density at radius 2 is 1.91 bits per heavy atom. The second kappa shape index (κ2) is 6.16. The minimum absolute atomic E-state index is 0.178. The summed E-state index contributed by atoms with van der Waals surface area (Å²) in [4.78, 5) is 13.0. The molecule has 0 aliphatic carbocycles. The normalized spacial score (nSPS) is 9.73. The van der Waals surface area contributed by atoms with Gasteiger partial charge in [-0.05, 0) is 13.8 Å². The maximum Gasteiger partial charge on any atom is 0.224 e. The standard InChI is InChI=1S/C8H17NO2/c1-4-9(5-2)8(10)6-7-11-3/h4-7H2,1-3H3. The average molecular weight is 159 g/mol. The van der Waals surface area contributed by atoms with Crippen LogP contribution in [0, 0.1) is 0 Å². The van der Waals surface area contributed by atoms with Crippen LogP contribution in [-0.2, 0) is 9.53 Å². The van der Waals surface area contributed by atoms with E-state index in [1.165, 1.54) is 0 Å². The molecule has 1 amide bonds. The van der Waals surface area contributed by atoms with E-state index in [9.17, 15) is 4.79 Å². The Morgan fingerprint density at radius 1 is 1.36 bits per heavy atom. The molecule has 0 saturated carbocycles. The highest BCUT2D eigenvalue weighted by atomic mass is 16.5. The number of amides is 1. The molecule has 11 heavy (non-hydrogen) atoms. The minimum atomic E-state index is 0.178. The lowest BCUT2D eigenvalue weighted by molar-refractivity contribution is -0.131. The van der Waals surface area contributed by atoms with Crippen molar-refractivity contribution < 1.29 is 9.53 Å². The highest BCUT2D eigenvalue weighted by molar-refractivity contribution is 5.76. The van der Waals surface area contributed by atoms with Crippen LogP contribution in [0.5, 0.6) is 0 Å². The quantitative estimate of drug-likeness (QED) is 0.596. The van der Waals surface area contributed by atoms with Gasteiger partial charge in [-0.15, -0.1) is 0 Å². The number of carbonyl (C=O) groups excluding carboxylic acids is 1. The third-order valence-corrected chi connectivity index (χ3v) is 1.64. The van der Waals surface area contributed by atoms with Crippen molar-refractivity contribution in [3.05, 3.63) is 0 Å². The first-order valence-electron chi connectivity index (χ1n) is 4.02. The molecule has 0 aromatic heterocycles. The van der Waals surface area contributed by atoms with E-state index in [1.807, 2.05) is 13.8 Å². The number of methoxy groups -OCH3 is 1. The number of nitrogens with zero attached hydrogens (tertiary/aromatic N) is 1. The average Bonchev–Trinajstić information content (AvgIpc) is 2.03. The van der Waals surface area contributed by atoms with Crippen molar-refractivity contribution in [2.24, 2.45) is 0 Å². The third kappa shape index (κ3) is 3.98. The zero-order valence-electron chi connectivity index (χ0n) is 7.59. The summed E-state index contributed by atoms with van der Waals surface area (Å²) in [6.07, 6.45) is 0.498. The van der Waals surface area contributed by atoms with Crippen molar-refractivity contribution in [1.29, 1.82) is 0 Å². The molecule has 0 saturated heterocycles. The van der Waals surface area contributed by atoms with Crippen LogP contribution in [0.25, 0.3) is 0 Å². The SMILES string of the molecule is CCN(CC)C(=O)CCOC. The van der Waals surface area contributed by atoms with Gasteiger partial charge in [0.15, 0.2) is 0 Å². The Balaban J connectivity index is 3.61. The smallest absolute Gasteiger partial charge is 0.224 e. The summed E-state index contributed by atoms with van der Waals surface area (Å²) < 4.78 is 4.80. The molecule has 0 atom stereocenters. The lowest BCUT2D eigenvalue weighted by Gasteiger charge is -2.17. The second-order valence-corrected chi connectivity index (χ2v) is 2.31. The van der Waals surface area contributed by atoms with Gasteiger partial charge in [-0.3, -0.25) is 4.79 Å². The zero-order valence-corrected chi connectivity index (χ0v) is 7.59. The first-order chi connectivity index (χ1) is 5.26. The molecule has 0 aromatic rings. The minimum Gasteiger partial charge on any atom is -0.384 e. The highest BCUT2D eigenvalue weighted by Crippen LogP contribution is 1.93. The maximum absolute atomic E-state index is 11.2. The molecule has 0 fully saturated rings. The fourth-order valence-corrected chi connectivity index (χ4v) is 0.924. The molecule has 0 rings (SSSR count). The Bertz CT molecular complexity index is 111. The highest BCUT2D eigenvalue weighted by Gasteiger charge is 2.07. The van der Waals surface area contributed by atoms with E-state index in [2.05, 4.69) is 0 Å². The Labute approximate surface area is 68.3 Å². The molecule has 0 aliphatic rings. The Kier molecular flexibility index (Phi) is 5.84. The lowest BCUT2D eigenvalue weighted by Crippen LogP contribution is -2.30. The topological polar surface area (TPSA) is 29.5 Å². The third-order valence-electron chi connectivity index (χ3n) is 1.64. The van der Waals surface area contributed by atoms with Gasteiger partial charge in [0.05, 0.1) is 13.0 Å². The molecular weight excluding hydrogens is 142 g/mol. The molecule has 0 N–H and O–H groups in total. The van der Waals surface area contributed by atoms with Crippen LogP contribution < -0.4 is 0 Å². The predicted molar refractivity (Wildman–Crippen MR) is 44.4 cm³/mol. The summed E-state index contributed by atoms with van der Waals surface area (Å²) in [5.41, 5.74) is 0. The molecule has 3 nitrogen and oxygen atoms in total. The van der Waals surface area contributed by atoms with E-state index in [4.69, 9.17) is 4.74 Å². The Hall–Kier alpha value is -0.570. The van der Waals surface area contributed by atoms with Gasteiger partial charge < -0.3 is 9.64 Å². The van der Waals surface area contributed by atoms with Crippen molar-refractivity contribution >= 4 is 5.91 Å². The summed E-state index contributed by atoms with van der Waals surface area (Å²) in [7, 11) is 1.61. The number of hydrogen-bond acceptors (Lipinski definition) is 2. The molecular formula is C8H17NO2. The van der Waals surface area contributed by atoms with Crippen molar-refractivity contribution in [3.63, 3.8) is 0 Å². The number of hydrogen-bond donors (Lipinski definition) is 0. The number of rotatable bonds is 5. The zero-order chi connectivity index (χ0) is 8.69. The van der Waals surface area contributed by atoms with Crippen LogP contribution in [0.4, 0.5) is 0 Å². The summed E-state index contributed by atoms with van der Waals surface area (Å²) in [5, 5.41) is 0. The van der Waals surface area contributed by atoms with Gasteiger partial charge in [-0.25, -0.2) is 0 Å². The first kappa shape index (κ1) is 10.4. The number of ether oxygens (including phenoxy) is 1. The molecule has 0 bridgehead atoms. The molecule has 0 unspecified atom stereocenters. The van der Waals surface area contributed by atoms with E-state index < -0.39 is 0 Å². The summed E-state index contributed by atoms with van der Waals surface area (Å²) in [6, 6.07) is 0. The molecule has 0 radical (unpaired) electrons. The van der Waals surface area contributed by atoms with Crippen molar-refractivity contribution in [2.45, 2.75) is 20.3 Å². The van der Waals surface area contributed by atoms with E-state index in [0.717, 1.165) is 13.1 Å². The summed E-state index contributed by atoms with van der Waals surface area (Å²) in [6.45, 7) is 6.07. The van der Waals surface area contributed by atoms with Gasteiger partial charge in [0, 0.05) is 20.2 Å². The van der Waals surface area contributed by atoms with Crippen LogP contribution in [0.15, 0.2) is 0 Å². The van der Waals surface area contributed by atoms with Gasteiger partial charge in [0.2, 0.25) is 5.91 Å². The van der Waals surface area contributed by atoms with Gasteiger partial charge in [0.25, 0.3) is 0 Å². The Morgan fingerprint density at radius 3 is 2.27 bits per heavy atom. The van der Waals surface area contributed by atoms with E-state index in [1.54, 1.807) is 12.0 Å². The number of carbonyl (C=O) groups is 1. The molecule has 0 spiro atoms. The van der Waals surface area contributed by atoms with E-state index >= 15 is 0 Å². The van der Waals surface area contributed by atoms with Crippen LogP contribution >= 0.6 is 0 Å². The largest absolute Gasteiger partial charge is 0.384 e. The van der Waals surface area contributed by atoms with Crippen molar-refractivity contribution in [2.75, 3.05) is 26.8 Å². The lowest BCUT2D eigenvalue weighted by atomic mass is 10.3. The van der Waals surface area contributed by atoms with Crippen LogP contribution in [0.2, 0.25) is 0 Å². The van der Waals surface area contributed by atoms with Gasteiger partial charge in [-0.2, -0.15) is 0 Å². The summed E-state index contributed by atoms with van der Waals surface area (Å²) >= 11 is 0. The predicted octanol–water partition coefficient (Wildman–Crippen LogP) is 0.891. The van der Waals surface area contributed by atoms with Gasteiger partial charge >= 0.3 is 0 Å². The van der Waals surface area contributed by atoms with Crippen molar-refractivity contribution in [1.82, 2.24) is 4.90 Å². The first-order valence-corrected chi connectivity index (χ1v) is 4.02. The van der Waals surface area contributed by atoms with Crippen molar-refractivity contribution in [3.8, 4) is 0 Å². The van der Waals surface area contributed by atoms with E-state index in [-0.39, 0.29) is 5.91 Å².